The normalized spacial score (nSPS) is 27.5. The molecule has 2 atom stereocenters. The highest BCUT2D eigenvalue weighted by molar-refractivity contribution is 5.39. The molecule has 1 aromatic heterocycles. The molecule has 3 rings (SSSR count). The van der Waals surface area contributed by atoms with Crippen molar-refractivity contribution in [2.45, 2.75) is 31.5 Å². The number of hydrazine groups is 1. The third-order valence-corrected chi connectivity index (χ3v) is 4.16. The van der Waals surface area contributed by atoms with E-state index in [0.29, 0.717) is 17.7 Å². The first-order valence-corrected chi connectivity index (χ1v) is 7.01. The zero-order chi connectivity index (χ0) is 13.9. The van der Waals surface area contributed by atoms with Gasteiger partial charge in [0.25, 0.3) is 0 Å². The maximum absolute atomic E-state index is 8.73. The molecule has 106 valence electrons. The van der Waals surface area contributed by atoms with Crippen molar-refractivity contribution in [3.63, 3.8) is 0 Å². The summed E-state index contributed by atoms with van der Waals surface area (Å²) in [6, 6.07) is 6.05. The summed E-state index contributed by atoms with van der Waals surface area (Å²) in [6.07, 6.45) is 3.30. The van der Waals surface area contributed by atoms with E-state index in [4.69, 9.17) is 11.0 Å². The summed E-state index contributed by atoms with van der Waals surface area (Å²) in [4.78, 5) is 2.23. The van der Waals surface area contributed by atoms with E-state index in [-0.39, 0.29) is 6.17 Å². The van der Waals surface area contributed by atoms with E-state index in [1.165, 1.54) is 0 Å². The van der Waals surface area contributed by atoms with Crippen LogP contribution in [0.3, 0.4) is 0 Å². The second-order valence-electron chi connectivity index (χ2n) is 5.45. The van der Waals surface area contributed by atoms with Gasteiger partial charge < -0.3 is 10.6 Å². The Balaban J connectivity index is 1.56. The second kappa shape index (κ2) is 5.71. The Morgan fingerprint density at radius 1 is 1.25 bits per heavy atom. The summed E-state index contributed by atoms with van der Waals surface area (Å²) >= 11 is 0. The summed E-state index contributed by atoms with van der Waals surface area (Å²) in [7, 11) is 0. The number of anilines is 1. The van der Waals surface area contributed by atoms with E-state index >= 15 is 0 Å². The first-order chi connectivity index (χ1) is 9.76. The lowest BCUT2D eigenvalue weighted by Gasteiger charge is -2.35. The fourth-order valence-electron chi connectivity index (χ4n) is 3.00. The molecule has 0 radical (unpaired) electrons. The van der Waals surface area contributed by atoms with Crippen molar-refractivity contribution in [3.8, 4) is 6.07 Å². The number of nitrogens with two attached hydrogens (primary N) is 1. The van der Waals surface area contributed by atoms with E-state index in [2.05, 4.69) is 25.9 Å². The smallest absolute Gasteiger partial charge is 0.163 e. The number of piperidine rings is 1. The molecule has 0 spiro atoms. The highest BCUT2D eigenvalue weighted by Gasteiger charge is 2.31. The van der Waals surface area contributed by atoms with Gasteiger partial charge in [0, 0.05) is 19.1 Å². The number of hydrogen-bond donors (Lipinski definition) is 3. The van der Waals surface area contributed by atoms with Gasteiger partial charge in [0.15, 0.2) is 11.5 Å². The van der Waals surface area contributed by atoms with Crippen LogP contribution < -0.4 is 21.5 Å². The summed E-state index contributed by atoms with van der Waals surface area (Å²) in [5.74, 6) is 1.51. The van der Waals surface area contributed by atoms with Crippen LogP contribution in [0.4, 0.5) is 5.82 Å². The summed E-state index contributed by atoms with van der Waals surface area (Å²) < 4.78 is 0. The van der Waals surface area contributed by atoms with Crippen LogP contribution in [0.5, 0.6) is 0 Å². The predicted molar refractivity (Wildman–Crippen MR) is 74.3 cm³/mol. The van der Waals surface area contributed by atoms with Crippen LogP contribution in [0.15, 0.2) is 12.1 Å². The molecule has 1 aromatic rings. The zero-order valence-electron chi connectivity index (χ0n) is 11.3. The van der Waals surface area contributed by atoms with Crippen LogP contribution in [-0.4, -0.2) is 35.5 Å². The minimum atomic E-state index is 0.0717. The fraction of sp³-hybridized carbons (Fsp3) is 0.615. The minimum absolute atomic E-state index is 0.0717. The number of aromatic nitrogens is 2. The molecule has 2 saturated heterocycles. The van der Waals surface area contributed by atoms with Gasteiger partial charge in [-0.3, -0.25) is 5.43 Å². The van der Waals surface area contributed by atoms with Crippen LogP contribution >= 0.6 is 0 Å². The molecule has 2 unspecified atom stereocenters. The topological polar surface area (TPSA) is 103 Å². The van der Waals surface area contributed by atoms with Crippen LogP contribution in [0.25, 0.3) is 0 Å². The number of nitriles is 1. The number of nitrogens with zero attached hydrogens (tertiary/aromatic N) is 4. The van der Waals surface area contributed by atoms with Gasteiger partial charge in [-0.15, -0.1) is 10.2 Å². The molecule has 0 saturated carbocycles. The predicted octanol–water partition coefficient (Wildman–Crippen LogP) is -0.284. The first kappa shape index (κ1) is 13.2. The van der Waals surface area contributed by atoms with Crippen LogP contribution in [0.2, 0.25) is 0 Å². The van der Waals surface area contributed by atoms with Crippen LogP contribution in [0, 0.1) is 17.2 Å². The lowest BCUT2D eigenvalue weighted by molar-refractivity contribution is 0.310. The molecule has 2 fully saturated rings. The first-order valence-electron chi connectivity index (χ1n) is 7.01. The number of rotatable bonds is 2. The molecule has 2 aliphatic heterocycles. The molecule has 4 N–H and O–H groups in total. The maximum atomic E-state index is 8.73. The maximum Gasteiger partial charge on any atom is 0.163 e. The number of nitrogens with one attached hydrogen (secondary N) is 2. The lowest BCUT2D eigenvalue weighted by atomic mass is 9.88. The zero-order valence-corrected chi connectivity index (χ0v) is 11.3. The molecule has 0 amide bonds. The summed E-state index contributed by atoms with van der Waals surface area (Å²) in [5, 5.41) is 16.7. The van der Waals surface area contributed by atoms with Crippen molar-refractivity contribution in [2.24, 2.45) is 11.7 Å². The van der Waals surface area contributed by atoms with Gasteiger partial charge >= 0.3 is 0 Å². The highest BCUT2D eigenvalue weighted by atomic mass is 15.4. The average molecular weight is 273 g/mol. The van der Waals surface area contributed by atoms with Gasteiger partial charge in [-0.1, -0.05) is 0 Å². The van der Waals surface area contributed by atoms with Crippen molar-refractivity contribution >= 4 is 5.82 Å². The molecule has 3 heterocycles. The molecule has 2 aliphatic rings. The van der Waals surface area contributed by atoms with Gasteiger partial charge in [0.1, 0.15) is 6.07 Å². The third-order valence-electron chi connectivity index (χ3n) is 4.16. The van der Waals surface area contributed by atoms with Gasteiger partial charge in [0.2, 0.25) is 0 Å². The Morgan fingerprint density at radius 3 is 2.60 bits per heavy atom. The van der Waals surface area contributed by atoms with Gasteiger partial charge in [-0.25, -0.2) is 5.43 Å². The number of hydrogen-bond acceptors (Lipinski definition) is 7. The van der Waals surface area contributed by atoms with Crippen molar-refractivity contribution in [3.05, 3.63) is 17.8 Å². The quantitative estimate of drug-likeness (QED) is 0.680. The molecule has 20 heavy (non-hydrogen) atoms. The fourth-order valence-corrected chi connectivity index (χ4v) is 3.00. The SMILES string of the molecule is N#Cc1ccc(N2CCC(C3CC(N)NN3)CC2)nn1. The Morgan fingerprint density at radius 2 is 2.05 bits per heavy atom. The van der Waals surface area contributed by atoms with E-state index < -0.39 is 0 Å². The van der Waals surface area contributed by atoms with Crippen molar-refractivity contribution < 1.29 is 0 Å². The van der Waals surface area contributed by atoms with Gasteiger partial charge in [-0.05, 0) is 37.3 Å². The summed E-state index contributed by atoms with van der Waals surface area (Å²) in [5.41, 5.74) is 12.6. The van der Waals surface area contributed by atoms with Crippen molar-refractivity contribution in [1.82, 2.24) is 21.0 Å². The van der Waals surface area contributed by atoms with Crippen LogP contribution in [-0.2, 0) is 0 Å². The Bertz CT molecular complexity index is 486. The lowest BCUT2D eigenvalue weighted by Crippen LogP contribution is -2.43. The molecule has 0 aromatic carbocycles. The average Bonchev–Trinajstić information content (AvgIpc) is 2.94. The molecule has 0 aliphatic carbocycles. The van der Waals surface area contributed by atoms with Crippen molar-refractivity contribution in [1.29, 1.82) is 5.26 Å². The van der Waals surface area contributed by atoms with E-state index in [1.54, 1.807) is 6.07 Å². The van der Waals surface area contributed by atoms with E-state index in [0.717, 1.165) is 38.2 Å². The highest BCUT2D eigenvalue weighted by Crippen LogP contribution is 2.26. The van der Waals surface area contributed by atoms with Crippen LogP contribution in [0.1, 0.15) is 25.0 Å². The third kappa shape index (κ3) is 2.72. The molecule has 7 heteroatoms. The standard InChI is InChI=1S/C13H19N7/c14-8-10-1-2-13(19-16-10)20-5-3-9(4-6-20)11-7-12(15)18-17-11/h1-2,9,11-12,17-18H,3-7,15H2. The molecule has 7 nitrogen and oxygen atoms in total. The monoisotopic (exact) mass is 273 g/mol. The van der Waals surface area contributed by atoms with Gasteiger partial charge in [0.05, 0.1) is 6.17 Å². The van der Waals surface area contributed by atoms with E-state index in [9.17, 15) is 0 Å². The molecular weight excluding hydrogens is 254 g/mol. The van der Waals surface area contributed by atoms with Gasteiger partial charge in [-0.2, -0.15) is 5.26 Å². The molecule has 0 bridgehead atoms. The minimum Gasteiger partial charge on any atom is -0.355 e. The Kier molecular flexibility index (Phi) is 3.78. The summed E-state index contributed by atoms with van der Waals surface area (Å²) in [6.45, 7) is 1.94. The second-order valence-corrected chi connectivity index (χ2v) is 5.45. The van der Waals surface area contributed by atoms with E-state index in [1.807, 2.05) is 12.1 Å². The largest absolute Gasteiger partial charge is 0.355 e. The van der Waals surface area contributed by atoms with Crippen molar-refractivity contribution in [2.75, 3.05) is 18.0 Å². The Labute approximate surface area is 118 Å². The Hall–Kier alpha value is -1.75. The molecular formula is C13H19N7.